The number of methoxy groups -OCH3 is 2. The molecule has 2 aliphatic rings. The highest BCUT2D eigenvalue weighted by Crippen LogP contribution is 2.54. The van der Waals surface area contributed by atoms with Crippen molar-refractivity contribution in [3.63, 3.8) is 0 Å². The standard InChI is InChI=1S/C26H35N3O3/c1-25(2)26(32-25)14-17-29(18-15-26)22(20-11-8-12-21(30-3)23(20)31-4)24(27)28-16-13-19-9-6-5-7-10-19/h5-12,22H,13-18H2,1-4H3,(H2,27,28). The lowest BCUT2D eigenvalue weighted by Gasteiger charge is -2.38. The third-order valence-electron chi connectivity index (χ3n) is 7.02. The fourth-order valence-corrected chi connectivity index (χ4v) is 5.03. The molecule has 6 nitrogen and oxygen atoms in total. The predicted octanol–water partition coefficient (Wildman–Crippen LogP) is 3.99. The molecular weight excluding hydrogens is 402 g/mol. The van der Waals surface area contributed by atoms with Crippen molar-refractivity contribution >= 4 is 5.84 Å². The van der Waals surface area contributed by atoms with Gasteiger partial charge in [0.15, 0.2) is 11.5 Å². The van der Waals surface area contributed by atoms with Gasteiger partial charge in [-0.1, -0.05) is 42.5 Å². The van der Waals surface area contributed by atoms with E-state index >= 15 is 0 Å². The molecule has 4 rings (SSSR count). The molecule has 0 bridgehead atoms. The van der Waals surface area contributed by atoms with Crippen LogP contribution in [0.3, 0.4) is 0 Å². The Labute approximate surface area is 191 Å². The molecule has 2 aromatic carbocycles. The first kappa shape index (κ1) is 22.6. The highest BCUT2D eigenvalue weighted by atomic mass is 16.6. The van der Waals surface area contributed by atoms with Crippen molar-refractivity contribution in [2.24, 2.45) is 10.7 Å². The monoisotopic (exact) mass is 437 g/mol. The maximum absolute atomic E-state index is 6.68. The minimum atomic E-state index is -0.171. The molecule has 2 fully saturated rings. The number of nitrogens with zero attached hydrogens (tertiary/aromatic N) is 2. The molecule has 0 saturated carbocycles. The van der Waals surface area contributed by atoms with Gasteiger partial charge in [0.25, 0.3) is 0 Å². The summed E-state index contributed by atoms with van der Waals surface area (Å²) >= 11 is 0. The number of ether oxygens (including phenoxy) is 3. The number of epoxide rings is 1. The van der Waals surface area contributed by atoms with Gasteiger partial charge in [-0.05, 0) is 44.7 Å². The first-order chi connectivity index (χ1) is 15.4. The maximum Gasteiger partial charge on any atom is 0.165 e. The van der Waals surface area contributed by atoms with Crippen LogP contribution in [0, 0.1) is 0 Å². The van der Waals surface area contributed by atoms with Gasteiger partial charge < -0.3 is 19.9 Å². The van der Waals surface area contributed by atoms with E-state index in [2.05, 4.69) is 49.1 Å². The molecule has 2 saturated heterocycles. The summed E-state index contributed by atoms with van der Waals surface area (Å²) in [6, 6.07) is 16.2. The Hall–Kier alpha value is -2.57. The van der Waals surface area contributed by atoms with Gasteiger partial charge in [0.05, 0.1) is 31.5 Å². The highest BCUT2D eigenvalue weighted by Gasteiger charge is 2.64. The van der Waals surface area contributed by atoms with Crippen LogP contribution in [0.15, 0.2) is 53.5 Å². The van der Waals surface area contributed by atoms with Crippen LogP contribution in [-0.2, 0) is 11.2 Å². The van der Waals surface area contributed by atoms with Gasteiger partial charge in [-0.25, -0.2) is 0 Å². The number of piperidine rings is 1. The Morgan fingerprint density at radius 2 is 1.75 bits per heavy atom. The molecule has 1 spiro atoms. The molecular formula is C26H35N3O3. The van der Waals surface area contributed by atoms with Gasteiger partial charge in [-0.2, -0.15) is 0 Å². The number of hydrogen-bond donors (Lipinski definition) is 1. The van der Waals surface area contributed by atoms with E-state index in [1.807, 2.05) is 18.2 Å². The van der Waals surface area contributed by atoms with Crippen molar-refractivity contribution in [1.82, 2.24) is 4.90 Å². The summed E-state index contributed by atoms with van der Waals surface area (Å²) in [5.41, 5.74) is 8.90. The Bertz CT molecular complexity index is 950. The van der Waals surface area contributed by atoms with E-state index < -0.39 is 0 Å². The van der Waals surface area contributed by atoms with E-state index in [0.717, 1.165) is 37.9 Å². The van der Waals surface area contributed by atoms with Gasteiger partial charge in [0.2, 0.25) is 0 Å². The molecule has 2 aromatic rings. The number of para-hydroxylation sites is 1. The number of nitrogens with two attached hydrogens (primary N) is 1. The van der Waals surface area contributed by atoms with Crippen molar-refractivity contribution < 1.29 is 14.2 Å². The zero-order valence-electron chi connectivity index (χ0n) is 19.6. The van der Waals surface area contributed by atoms with E-state index in [0.29, 0.717) is 23.9 Å². The van der Waals surface area contributed by atoms with Gasteiger partial charge >= 0.3 is 0 Å². The predicted molar refractivity (Wildman–Crippen MR) is 128 cm³/mol. The Balaban J connectivity index is 1.59. The lowest BCUT2D eigenvalue weighted by atomic mass is 9.85. The lowest BCUT2D eigenvalue weighted by Crippen LogP contribution is -2.46. The van der Waals surface area contributed by atoms with Crippen LogP contribution in [-0.4, -0.2) is 55.8 Å². The average Bonchev–Trinajstić information content (AvgIpc) is 3.34. The van der Waals surface area contributed by atoms with Gasteiger partial charge in [0, 0.05) is 25.2 Å². The molecule has 0 aromatic heterocycles. The zero-order valence-corrected chi connectivity index (χ0v) is 19.6. The van der Waals surface area contributed by atoms with E-state index in [9.17, 15) is 0 Å². The minimum Gasteiger partial charge on any atom is -0.493 e. The van der Waals surface area contributed by atoms with Crippen LogP contribution in [0.25, 0.3) is 0 Å². The fraction of sp³-hybridized carbons (Fsp3) is 0.500. The molecule has 2 N–H and O–H groups in total. The zero-order chi connectivity index (χ0) is 22.8. The van der Waals surface area contributed by atoms with Crippen molar-refractivity contribution in [3.05, 3.63) is 59.7 Å². The third kappa shape index (κ3) is 4.34. The summed E-state index contributed by atoms with van der Waals surface area (Å²) in [5, 5.41) is 0. The van der Waals surface area contributed by atoms with Crippen LogP contribution in [0.1, 0.15) is 43.9 Å². The summed E-state index contributed by atoms with van der Waals surface area (Å²) in [4.78, 5) is 7.21. The molecule has 172 valence electrons. The quantitative estimate of drug-likeness (QED) is 0.384. The normalized spacial score (nSPS) is 20.7. The van der Waals surface area contributed by atoms with Crippen LogP contribution in [0.4, 0.5) is 0 Å². The van der Waals surface area contributed by atoms with Crippen LogP contribution in [0.5, 0.6) is 11.5 Å². The summed E-state index contributed by atoms with van der Waals surface area (Å²) in [6.45, 7) is 6.80. The van der Waals surface area contributed by atoms with E-state index in [1.54, 1.807) is 14.2 Å². The molecule has 6 heteroatoms. The van der Waals surface area contributed by atoms with Gasteiger partial charge in [0.1, 0.15) is 5.84 Å². The second-order valence-electron chi connectivity index (χ2n) is 9.17. The highest BCUT2D eigenvalue weighted by molar-refractivity contribution is 5.88. The fourth-order valence-electron chi connectivity index (χ4n) is 5.03. The topological polar surface area (TPSA) is 72.6 Å². The van der Waals surface area contributed by atoms with Crippen LogP contribution in [0.2, 0.25) is 0 Å². The van der Waals surface area contributed by atoms with Gasteiger partial charge in [-0.15, -0.1) is 0 Å². The number of hydrogen-bond acceptors (Lipinski definition) is 5. The summed E-state index contributed by atoms with van der Waals surface area (Å²) in [7, 11) is 3.33. The van der Waals surface area contributed by atoms with E-state index in [1.165, 1.54) is 5.56 Å². The number of aliphatic imine (C=N–C) groups is 1. The van der Waals surface area contributed by atoms with E-state index in [4.69, 9.17) is 24.9 Å². The Morgan fingerprint density at radius 3 is 2.34 bits per heavy atom. The largest absolute Gasteiger partial charge is 0.493 e. The number of amidine groups is 1. The van der Waals surface area contributed by atoms with Crippen LogP contribution >= 0.6 is 0 Å². The molecule has 0 radical (unpaired) electrons. The van der Waals surface area contributed by atoms with Gasteiger partial charge in [-0.3, -0.25) is 9.89 Å². The van der Waals surface area contributed by atoms with E-state index in [-0.39, 0.29) is 17.2 Å². The molecule has 2 aliphatic heterocycles. The Kier molecular flexibility index (Phi) is 6.45. The first-order valence-electron chi connectivity index (χ1n) is 11.4. The minimum absolute atomic E-state index is 0.00568. The average molecular weight is 438 g/mol. The number of benzene rings is 2. The van der Waals surface area contributed by atoms with Crippen LogP contribution < -0.4 is 15.2 Å². The smallest absolute Gasteiger partial charge is 0.165 e. The molecule has 32 heavy (non-hydrogen) atoms. The summed E-state index contributed by atoms with van der Waals surface area (Å²) in [6.07, 6.45) is 2.83. The van der Waals surface area contributed by atoms with Crippen molar-refractivity contribution in [2.75, 3.05) is 33.9 Å². The SMILES string of the molecule is COc1cccc(C(C(N)=NCCc2ccccc2)N2CCC3(CC2)OC3(C)C)c1OC. The second-order valence-corrected chi connectivity index (χ2v) is 9.17. The number of rotatable bonds is 8. The maximum atomic E-state index is 6.68. The molecule has 2 heterocycles. The molecule has 1 atom stereocenters. The summed E-state index contributed by atoms with van der Waals surface area (Å²) in [5.74, 6) is 2.02. The Morgan fingerprint density at radius 1 is 1.06 bits per heavy atom. The second kappa shape index (κ2) is 9.12. The third-order valence-corrected chi connectivity index (χ3v) is 7.02. The molecule has 0 amide bonds. The first-order valence-corrected chi connectivity index (χ1v) is 11.4. The lowest BCUT2D eigenvalue weighted by molar-refractivity contribution is 0.129. The number of likely N-dealkylation sites (tertiary alicyclic amines) is 1. The molecule has 1 unspecified atom stereocenters. The molecule has 0 aliphatic carbocycles. The van der Waals surface area contributed by atoms with Crippen molar-refractivity contribution in [3.8, 4) is 11.5 Å². The summed E-state index contributed by atoms with van der Waals surface area (Å²) < 4.78 is 17.4. The van der Waals surface area contributed by atoms with Crippen molar-refractivity contribution in [2.45, 2.75) is 50.4 Å². The van der Waals surface area contributed by atoms with Crippen molar-refractivity contribution in [1.29, 1.82) is 0 Å².